The van der Waals surface area contributed by atoms with Crippen molar-refractivity contribution in [3.63, 3.8) is 0 Å². The van der Waals surface area contributed by atoms with E-state index in [-0.39, 0.29) is 18.3 Å². The lowest BCUT2D eigenvalue weighted by Gasteiger charge is -2.15. The Kier molecular flexibility index (Phi) is 4.62. The molecule has 1 heterocycles. The van der Waals surface area contributed by atoms with E-state index in [1.807, 2.05) is 6.92 Å². The smallest absolute Gasteiger partial charge is 0.293 e. The molecule has 0 aliphatic heterocycles. The number of rotatable bonds is 5. The minimum atomic E-state index is -0.934. The summed E-state index contributed by atoms with van der Waals surface area (Å²) < 4.78 is 26.0. The summed E-state index contributed by atoms with van der Waals surface area (Å²) in [6, 6.07) is 3.54. The molecule has 2 rings (SSSR count). The Hall–Kier alpha value is -2.31. The minimum absolute atomic E-state index is 0.0727. The molecule has 7 heteroatoms. The summed E-state index contributed by atoms with van der Waals surface area (Å²) in [4.78, 5) is 17.6. The molecular weight excluding hydrogens is 278 g/mol. The summed E-state index contributed by atoms with van der Waals surface area (Å²) in [5.74, 6) is -1.49. The van der Waals surface area contributed by atoms with Crippen LogP contribution in [0, 0.1) is 11.6 Å². The van der Waals surface area contributed by atoms with Gasteiger partial charge in [-0.1, -0.05) is 13.0 Å². The van der Waals surface area contributed by atoms with Crippen LogP contribution in [-0.2, 0) is 13.0 Å². The summed E-state index contributed by atoms with van der Waals surface area (Å²) in [5.41, 5.74) is 0.495. The summed E-state index contributed by atoms with van der Waals surface area (Å²) >= 11 is 0. The molecule has 0 saturated carbocycles. The van der Waals surface area contributed by atoms with Crippen molar-refractivity contribution >= 4 is 5.91 Å². The average Bonchev–Trinajstić information content (AvgIpc) is 2.91. The second-order valence-corrected chi connectivity index (χ2v) is 4.77. The number of aromatic nitrogens is 3. The molecule has 0 saturated heterocycles. The van der Waals surface area contributed by atoms with E-state index in [1.165, 1.54) is 11.0 Å². The number of nitrogens with one attached hydrogen (secondary N) is 1. The number of benzene rings is 1. The number of H-pyrrole nitrogens is 1. The predicted octanol–water partition coefficient (Wildman–Crippen LogP) is 2.31. The van der Waals surface area contributed by atoms with E-state index in [1.54, 1.807) is 7.05 Å². The molecule has 0 aliphatic rings. The van der Waals surface area contributed by atoms with E-state index in [0.29, 0.717) is 17.8 Å². The van der Waals surface area contributed by atoms with E-state index in [4.69, 9.17) is 0 Å². The first-order valence-corrected chi connectivity index (χ1v) is 6.62. The van der Waals surface area contributed by atoms with Gasteiger partial charge in [-0.3, -0.25) is 9.89 Å². The van der Waals surface area contributed by atoms with Gasteiger partial charge in [-0.05, 0) is 24.1 Å². The van der Waals surface area contributed by atoms with Crippen molar-refractivity contribution in [3.05, 3.63) is 47.0 Å². The van der Waals surface area contributed by atoms with E-state index >= 15 is 0 Å². The molecule has 0 radical (unpaired) electrons. The zero-order valence-electron chi connectivity index (χ0n) is 11.9. The van der Waals surface area contributed by atoms with Gasteiger partial charge in [0.1, 0.15) is 5.82 Å². The van der Waals surface area contributed by atoms with Crippen molar-refractivity contribution < 1.29 is 13.6 Å². The Balaban J connectivity index is 2.05. The van der Waals surface area contributed by atoms with E-state index in [2.05, 4.69) is 15.2 Å². The number of carbonyl (C=O) groups excluding carboxylic acids is 1. The molecule has 0 unspecified atom stereocenters. The van der Waals surface area contributed by atoms with E-state index < -0.39 is 11.6 Å². The average molecular weight is 294 g/mol. The van der Waals surface area contributed by atoms with Crippen LogP contribution in [0.25, 0.3) is 0 Å². The number of halogens is 2. The molecule has 5 nitrogen and oxygen atoms in total. The number of hydrogen-bond acceptors (Lipinski definition) is 3. The standard InChI is InChI=1S/C14H16F2N4O/c1-3-4-12-17-13(19-18-12)14(21)20(2)8-9-5-6-10(15)11(16)7-9/h5-7H,3-4,8H2,1-2H3,(H,17,18,19). The van der Waals surface area contributed by atoms with Gasteiger partial charge in [0.15, 0.2) is 11.6 Å². The topological polar surface area (TPSA) is 61.9 Å². The first-order chi connectivity index (χ1) is 10.0. The Morgan fingerprint density at radius 1 is 1.33 bits per heavy atom. The van der Waals surface area contributed by atoms with Crippen molar-refractivity contribution in [1.29, 1.82) is 0 Å². The molecule has 1 aromatic heterocycles. The third-order valence-corrected chi connectivity index (χ3v) is 2.96. The molecule has 0 aliphatic carbocycles. The van der Waals surface area contributed by atoms with Crippen molar-refractivity contribution in [2.75, 3.05) is 7.05 Å². The number of aromatic amines is 1. The van der Waals surface area contributed by atoms with Gasteiger partial charge in [-0.2, -0.15) is 0 Å². The fourth-order valence-corrected chi connectivity index (χ4v) is 1.89. The van der Waals surface area contributed by atoms with Crippen LogP contribution >= 0.6 is 0 Å². The molecule has 21 heavy (non-hydrogen) atoms. The molecule has 0 atom stereocenters. The molecule has 0 fully saturated rings. The van der Waals surface area contributed by atoms with Crippen molar-refractivity contribution in [3.8, 4) is 0 Å². The maximum absolute atomic E-state index is 13.1. The van der Waals surface area contributed by atoms with Gasteiger partial charge < -0.3 is 4.90 Å². The van der Waals surface area contributed by atoms with E-state index in [9.17, 15) is 13.6 Å². The number of hydrogen-bond donors (Lipinski definition) is 1. The van der Waals surface area contributed by atoms with Gasteiger partial charge in [0.25, 0.3) is 5.91 Å². The van der Waals surface area contributed by atoms with Crippen molar-refractivity contribution in [2.45, 2.75) is 26.3 Å². The molecule has 1 N–H and O–H groups in total. The van der Waals surface area contributed by atoms with Crippen molar-refractivity contribution in [2.24, 2.45) is 0 Å². The second-order valence-electron chi connectivity index (χ2n) is 4.77. The van der Waals surface area contributed by atoms with Gasteiger partial charge in [-0.15, -0.1) is 5.10 Å². The molecule has 0 spiro atoms. The highest BCUT2D eigenvalue weighted by Crippen LogP contribution is 2.11. The van der Waals surface area contributed by atoms with Crippen molar-refractivity contribution in [1.82, 2.24) is 20.1 Å². The lowest BCUT2D eigenvalue weighted by atomic mass is 10.2. The second kappa shape index (κ2) is 6.43. The lowest BCUT2D eigenvalue weighted by Crippen LogP contribution is -2.27. The third kappa shape index (κ3) is 3.62. The molecule has 112 valence electrons. The fraction of sp³-hybridized carbons (Fsp3) is 0.357. The Morgan fingerprint density at radius 3 is 2.76 bits per heavy atom. The maximum atomic E-state index is 13.1. The van der Waals surface area contributed by atoms with Crippen LogP contribution in [-0.4, -0.2) is 33.0 Å². The van der Waals surface area contributed by atoms with Crippen LogP contribution in [0.3, 0.4) is 0 Å². The zero-order valence-corrected chi connectivity index (χ0v) is 11.9. The highest BCUT2D eigenvalue weighted by molar-refractivity contribution is 5.90. The van der Waals surface area contributed by atoms with Gasteiger partial charge >= 0.3 is 0 Å². The van der Waals surface area contributed by atoms with Gasteiger partial charge in [0.2, 0.25) is 5.82 Å². The van der Waals surface area contributed by atoms with Gasteiger partial charge in [0, 0.05) is 20.0 Å². The van der Waals surface area contributed by atoms with Crippen LogP contribution in [0.5, 0.6) is 0 Å². The number of aryl methyl sites for hydroxylation is 1. The Labute approximate surface area is 121 Å². The third-order valence-electron chi connectivity index (χ3n) is 2.96. The predicted molar refractivity (Wildman–Crippen MR) is 72.5 cm³/mol. The summed E-state index contributed by atoms with van der Waals surface area (Å²) in [6.07, 6.45) is 1.61. The van der Waals surface area contributed by atoms with Crippen LogP contribution in [0.4, 0.5) is 8.78 Å². The summed E-state index contributed by atoms with van der Waals surface area (Å²) in [5, 5.41) is 6.57. The molecule has 1 aromatic carbocycles. The fourth-order valence-electron chi connectivity index (χ4n) is 1.89. The molecule has 1 amide bonds. The molecule has 0 bridgehead atoms. The lowest BCUT2D eigenvalue weighted by molar-refractivity contribution is 0.0773. The summed E-state index contributed by atoms with van der Waals surface area (Å²) in [7, 11) is 1.56. The largest absolute Gasteiger partial charge is 0.335 e. The first kappa shape index (κ1) is 15.1. The number of carbonyl (C=O) groups is 1. The minimum Gasteiger partial charge on any atom is -0.335 e. The summed E-state index contributed by atoms with van der Waals surface area (Å²) in [6.45, 7) is 2.15. The van der Waals surface area contributed by atoms with Crippen LogP contribution < -0.4 is 0 Å². The van der Waals surface area contributed by atoms with Crippen LogP contribution in [0.1, 0.15) is 35.4 Å². The number of nitrogens with zero attached hydrogens (tertiary/aromatic N) is 3. The van der Waals surface area contributed by atoms with Crippen LogP contribution in [0.2, 0.25) is 0 Å². The maximum Gasteiger partial charge on any atom is 0.293 e. The SMILES string of the molecule is CCCc1nc(C(=O)N(C)Cc2ccc(F)c(F)c2)n[nH]1. The Morgan fingerprint density at radius 2 is 2.10 bits per heavy atom. The van der Waals surface area contributed by atoms with Gasteiger partial charge in [0.05, 0.1) is 0 Å². The van der Waals surface area contributed by atoms with E-state index in [0.717, 1.165) is 18.6 Å². The highest BCUT2D eigenvalue weighted by atomic mass is 19.2. The zero-order chi connectivity index (χ0) is 15.4. The highest BCUT2D eigenvalue weighted by Gasteiger charge is 2.17. The van der Waals surface area contributed by atoms with Crippen LogP contribution in [0.15, 0.2) is 18.2 Å². The number of amides is 1. The Bertz CT molecular complexity index is 642. The normalized spacial score (nSPS) is 10.7. The molecule has 2 aromatic rings. The van der Waals surface area contributed by atoms with Gasteiger partial charge in [-0.25, -0.2) is 13.8 Å². The monoisotopic (exact) mass is 294 g/mol. The molecular formula is C14H16F2N4O. The first-order valence-electron chi connectivity index (χ1n) is 6.62. The quantitative estimate of drug-likeness (QED) is 0.920.